The van der Waals surface area contributed by atoms with Gasteiger partial charge in [-0.2, -0.15) is 0 Å². The summed E-state index contributed by atoms with van der Waals surface area (Å²) in [5.41, 5.74) is 0.681. The molecule has 7 nitrogen and oxygen atoms in total. The zero-order valence-electron chi connectivity index (χ0n) is 13.9. The summed E-state index contributed by atoms with van der Waals surface area (Å²) < 4.78 is 5.34. The molecule has 0 atom stereocenters. The van der Waals surface area contributed by atoms with Crippen LogP contribution in [0.2, 0.25) is 0 Å². The van der Waals surface area contributed by atoms with Crippen LogP contribution in [0.1, 0.15) is 5.76 Å². The average Bonchev–Trinajstić information content (AvgIpc) is 3.20. The van der Waals surface area contributed by atoms with Crippen LogP contribution in [0.4, 0.5) is 5.69 Å². The molecule has 0 aliphatic rings. The summed E-state index contributed by atoms with van der Waals surface area (Å²) in [5, 5.41) is 11.7. The molecule has 0 amide bonds. The van der Waals surface area contributed by atoms with Gasteiger partial charge < -0.3 is 9.40 Å². The van der Waals surface area contributed by atoms with Crippen LogP contribution in [-0.2, 0) is 5.75 Å². The second-order valence-corrected chi connectivity index (χ2v) is 6.75. The molecule has 0 aliphatic heterocycles. The van der Waals surface area contributed by atoms with Gasteiger partial charge >= 0.3 is 0 Å². The molecule has 0 saturated carbocycles. The lowest BCUT2D eigenvalue weighted by Gasteiger charge is -2.09. The van der Waals surface area contributed by atoms with Crippen LogP contribution >= 0.6 is 11.8 Å². The third kappa shape index (κ3) is 3.47. The number of rotatable bonds is 5. The van der Waals surface area contributed by atoms with Crippen molar-refractivity contribution in [1.29, 1.82) is 0 Å². The van der Waals surface area contributed by atoms with Crippen LogP contribution in [-0.4, -0.2) is 14.9 Å². The molecule has 2 aromatic carbocycles. The number of aromatic nitrogens is 2. The van der Waals surface area contributed by atoms with Crippen LogP contribution in [0.5, 0.6) is 0 Å². The fraction of sp³-hybridized carbons (Fsp3) is 0.0526. The summed E-state index contributed by atoms with van der Waals surface area (Å²) in [7, 11) is 0. The van der Waals surface area contributed by atoms with Crippen molar-refractivity contribution < 1.29 is 9.34 Å². The molecule has 1 N–H and O–H groups in total. The van der Waals surface area contributed by atoms with E-state index in [1.54, 1.807) is 42.7 Å². The molecule has 0 radical (unpaired) electrons. The first-order chi connectivity index (χ1) is 13.1. The summed E-state index contributed by atoms with van der Waals surface area (Å²) in [4.78, 5) is 31.1. The Balaban J connectivity index is 1.82. The third-order valence-electron chi connectivity index (χ3n) is 3.99. The van der Waals surface area contributed by atoms with Crippen LogP contribution in [0, 0.1) is 10.1 Å². The Morgan fingerprint density at radius 3 is 2.78 bits per heavy atom. The van der Waals surface area contributed by atoms with E-state index in [2.05, 4.69) is 9.97 Å². The minimum absolute atomic E-state index is 0.0665. The van der Waals surface area contributed by atoms with Gasteiger partial charge in [0.2, 0.25) is 0 Å². The van der Waals surface area contributed by atoms with Gasteiger partial charge in [0.15, 0.2) is 0 Å². The molecular formula is C19H13N3O4S. The lowest BCUT2D eigenvalue weighted by molar-refractivity contribution is -0.384. The molecule has 134 valence electrons. The second kappa shape index (κ2) is 7.08. The third-order valence-corrected chi connectivity index (χ3v) is 5.09. The van der Waals surface area contributed by atoms with Gasteiger partial charge in [-0.25, -0.2) is 4.98 Å². The number of hydrogen-bond donors (Lipinski definition) is 1. The van der Waals surface area contributed by atoms with Gasteiger partial charge in [0.25, 0.3) is 11.2 Å². The van der Waals surface area contributed by atoms with Crippen LogP contribution in [0.15, 0.2) is 75.0 Å². The smallest absolute Gasteiger partial charge is 0.270 e. The van der Waals surface area contributed by atoms with Gasteiger partial charge in [-0.1, -0.05) is 12.1 Å². The zero-order chi connectivity index (χ0) is 18.8. The van der Waals surface area contributed by atoms with Crippen LogP contribution in [0.25, 0.3) is 22.3 Å². The Morgan fingerprint density at radius 1 is 1.15 bits per heavy atom. The van der Waals surface area contributed by atoms with Crippen LogP contribution in [0.3, 0.4) is 0 Å². The highest BCUT2D eigenvalue weighted by atomic mass is 32.2. The number of non-ortho nitro benzene ring substituents is 1. The van der Waals surface area contributed by atoms with Crippen molar-refractivity contribution >= 4 is 28.4 Å². The second-order valence-electron chi connectivity index (χ2n) is 5.74. The highest BCUT2D eigenvalue weighted by Crippen LogP contribution is 2.34. The van der Waals surface area contributed by atoms with Crippen molar-refractivity contribution in [1.82, 2.24) is 9.97 Å². The van der Waals surface area contributed by atoms with Crippen molar-refractivity contribution in [2.75, 3.05) is 0 Å². The maximum atomic E-state index is 12.4. The number of nitro groups is 1. The Morgan fingerprint density at radius 2 is 2.00 bits per heavy atom. The normalized spacial score (nSPS) is 11.0. The van der Waals surface area contributed by atoms with Crippen molar-refractivity contribution in [2.45, 2.75) is 10.6 Å². The molecule has 2 heterocycles. The molecule has 0 fully saturated rings. The average molecular weight is 379 g/mol. The molecule has 8 heteroatoms. The van der Waals surface area contributed by atoms with Crippen molar-refractivity contribution in [2.24, 2.45) is 0 Å². The van der Waals surface area contributed by atoms with Gasteiger partial charge in [-0.15, -0.1) is 11.8 Å². The molecule has 0 aliphatic carbocycles. The van der Waals surface area contributed by atoms with E-state index in [-0.39, 0.29) is 11.2 Å². The number of para-hydroxylation sites is 1. The number of thioether (sulfide) groups is 1. The molecule has 27 heavy (non-hydrogen) atoms. The largest absolute Gasteiger partial charge is 0.468 e. The van der Waals surface area contributed by atoms with E-state index in [1.165, 1.54) is 23.9 Å². The number of nitrogens with zero attached hydrogens (tertiary/aromatic N) is 2. The van der Waals surface area contributed by atoms with E-state index in [1.807, 2.05) is 6.07 Å². The number of fused-ring (bicyclic) bond motifs is 1. The Kier molecular flexibility index (Phi) is 4.47. The summed E-state index contributed by atoms with van der Waals surface area (Å²) in [6, 6.07) is 15.2. The lowest BCUT2D eigenvalue weighted by atomic mass is 10.1. The summed E-state index contributed by atoms with van der Waals surface area (Å²) in [6.45, 7) is 0. The minimum Gasteiger partial charge on any atom is -0.468 e. The number of hydrogen-bond acceptors (Lipinski definition) is 6. The first-order valence-corrected chi connectivity index (χ1v) is 9.03. The van der Waals surface area contributed by atoms with Gasteiger partial charge in [0.1, 0.15) is 11.6 Å². The van der Waals surface area contributed by atoms with E-state index in [9.17, 15) is 14.9 Å². The number of furan rings is 1. The quantitative estimate of drug-likeness (QED) is 0.313. The first-order valence-electron chi connectivity index (χ1n) is 8.05. The van der Waals surface area contributed by atoms with Crippen molar-refractivity contribution in [3.63, 3.8) is 0 Å². The topological polar surface area (TPSA) is 102 Å². The van der Waals surface area contributed by atoms with E-state index in [0.717, 1.165) is 10.7 Å². The summed E-state index contributed by atoms with van der Waals surface area (Å²) in [5.74, 6) is 1.63. The maximum absolute atomic E-state index is 12.4. The van der Waals surface area contributed by atoms with E-state index in [0.29, 0.717) is 28.0 Å². The Labute approximate surface area is 157 Å². The number of H-pyrrole nitrogens is 1. The Bertz CT molecular complexity index is 1190. The highest BCUT2D eigenvalue weighted by Gasteiger charge is 2.16. The van der Waals surface area contributed by atoms with Gasteiger partial charge in [-0.05, 0) is 30.3 Å². The number of nitrogens with one attached hydrogen (secondary N) is 1. The zero-order valence-corrected chi connectivity index (χ0v) is 14.7. The standard InChI is InChI=1S/C19H13N3O4S/c23-19-14-5-1-2-6-16(14)20-18(21-19)15-10-12(22(24)25)7-8-17(15)27-11-13-4-3-9-26-13/h1-10H,11H2,(H,20,21,23). The number of benzene rings is 2. The fourth-order valence-corrected chi connectivity index (χ4v) is 3.64. The van der Waals surface area contributed by atoms with E-state index >= 15 is 0 Å². The van der Waals surface area contributed by atoms with E-state index < -0.39 is 4.92 Å². The molecule has 0 unspecified atom stereocenters. The van der Waals surface area contributed by atoms with Gasteiger partial charge in [-0.3, -0.25) is 14.9 Å². The minimum atomic E-state index is -0.469. The first kappa shape index (κ1) is 17.0. The number of nitro benzene ring substituents is 1. The SMILES string of the molecule is O=c1[nH]c(-c2cc([N+](=O)[O-])ccc2SCc2ccco2)nc2ccccc12. The predicted molar refractivity (Wildman–Crippen MR) is 103 cm³/mol. The highest BCUT2D eigenvalue weighted by molar-refractivity contribution is 7.98. The van der Waals surface area contributed by atoms with Crippen LogP contribution < -0.4 is 5.56 Å². The summed E-state index contributed by atoms with van der Waals surface area (Å²) in [6.07, 6.45) is 1.59. The van der Waals surface area contributed by atoms with Crippen molar-refractivity contribution in [3.8, 4) is 11.4 Å². The molecular weight excluding hydrogens is 366 g/mol. The van der Waals surface area contributed by atoms with Crippen molar-refractivity contribution in [3.05, 3.63) is 87.1 Å². The molecule has 2 aromatic heterocycles. The molecule has 0 saturated heterocycles. The lowest BCUT2D eigenvalue weighted by Crippen LogP contribution is -2.09. The van der Waals surface area contributed by atoms with Gasteiger partial charge in [0.05, 0.1) is 27.8 Å². The monoisotopic (exact) mass is 379 g/mol. The molecule has 4 rings (SSSR count). The summed E-state index contributed by atoms with van der Waals surface area (Å²) >= 11 is 1.45. The van der Waals surface area contributed by atoms with Gasteiger partial charge in [0, 0.05) is 22.6 Å². The van der Waals surface area contributed by atoms with E-state index in [4.69, 9.17) is 4.42 Å². The predicted octanol–water partition coefficient (Wildman–Crippen LogP) is 4.38. The maximum Gasteiger partial charge on any atom is 0.270 e. The fourth-order valence-electron chi connectivity index (χ4n) is 2.70. The number of aromatic amines is 1. The molecule has 4 aromatic rings. The Hall–Kier alpha value is -3.39. The molecule has 0 spiro atoms. The molecule has 0 bridgehead atoms.